The molecule has 0 aliphatic carbocycles. The Hall–Kier alpha value is -0.380. The van der Waals surface area contributed by atoms with Crippen LogP contribution in [0.5, 0.6) is 0 Å². The second kappa shape index (κ2) is 5.29. The molecule has 0 saturated carbocycles. The highest BCUT2D eigenvalue weighted by molar-refractivity contribution is 4.92. The van der Waals surface area contributed by atoms with Crippen molar-refractivity contribution in [1.82, 2.24) is 5.32 Å². The van der Waals surface area contributed by atoms with Gasteiger partial charge in [-0.2, -0.15) is 0 Å². The minimum atomic E-state index is -0.351. The third-order valence-electron chi connectivity index (χ3n) is 1.79. The van der Waals surface area contributed by atoms with Crippen molar-refractivity contribution in [2.75, 3.05) is 27.4 Å². The van der Waals surface area contributed by atoms with Crippen LogP contribution in [0.3, 0.4) is 0 Å². The van der Waals surface area contributed by atoms with Gasteiger partial charge in [0.2, 0.25) is 0 Å². The summed E-state index contributed by atoms with van der Waals surface area (Å²) < 4.78 is 4.97. The molecule has 0 fully saturated rings. The van der Waals surface area contributed by atoms with Crippen molar-refractivity contribution >= 4 is 0 Å². The second-order valence-corrected chi connectivity index (χ2v) is 2.61. The van der Waals surface area contributed by atoms with E-state index in [0.29, 0.717) is 13.0 Å². The van der Waals surface area contributed by atoms with E-state index < -0.39 is 0 Å². The first-order chi connectivity index (χ1) is 5.24. The summed E-state index contributed by atoms with van der Waals surface area (Å²) in [7, 11) is 3.42. The Balaban J connectivity index is 4.06. The van der Waals surface area contributed by atoms with Gasteiger partial charge < -0.3 is 15.2 Å². The summed E-state index contributed by atoms with van der Waals surface area (Å²) in [5, 5.41) is 12.1. The maximum Gasteiger partial charge on any atom is 0.0682 e. The van der Waals surface area contributed by atoms with Crippen LogP contribution in [-0.2, 0) is 4.74 Å². The molecule has 0 saturated heterocycles. The highest BCUT2D eigenvalue weighted by Crippen LogP contribution is 2.09. The summed E-state index contributed by atoms with van der Waals surface area (Å²) in [6.45, 7) is 4.17. The van der Waals surface area contributed by atoms with Gasteiger partial charge in [-0.1, -0.05) is 6.08 Å². The summed E-state index contributed by atoms with van der Waals surface area (Å²) in [5.74, 6) is 0. The summed E-state index contributed by atoms with van der Waals surface area (Å²) >= 11 is 0. The molecule has 0 spiro atoms. The van der Waals surface area contributed by atoms with Crippen molar-refractivity contribution in [2.45, 2.75) is 12.0 Å². The molecule has 0 aliphatic heterocycles. The van der Waals surface area contributed by atoms with Crippen LogP contribution < -0.4 is 5.32 Å². The van der Waals surface area contributed by atoms with Crippen molar-refractivity contribution in [3.8, 4) is 0 Å². The van der Waals surface area contributed by atoms with Gasteiger partial charge in [0.1, 0.15) is 0 Å². The van der Waals surface area contributed by atoms with E-state index in [2.05, 4.69) is 11.9 Å². The number of rotatable bonds is 6. The lowest BCUT2D eigenvalue weighted by atomic mass is 9.98. The molecule has 1 unspecified atom stereocenters. The van der Waals surface area contributed by atoms with Crippen LogP contribution in [-0.4, -0.2) is 38.0 Å². The molecule has 0 bridgehead atoms. The number of likely N-dealkylation sites (N-methyl/N-ethyl adjacent to an activating group) is 1. The van der Waals surface area contributed by atoms with Crippen LogP contribution in [0.25, 0.3) is 0 Å². The number of aliphatic hydroxyl groups excluding tert-OH is 1. The quantitative estimate of drug-likeness (QED) is 0.542. The Morgan fingerprint density at radius 2 is 2.36 bits per heavy atom. The maximum atomic E-state index is 9.05. The molecule has 0 aromatic heterocycles. The van der Waals surface area contributed by atoms with Gasteiger partial charge in [0.25, 0.3) is 0 Å². The predicted octanol–water partition coefficient (Wildman–Crippen LogP) is 0.159. The topological polar surface area (TPSA) is 41.5 Å². The van der Waals surface area contributed by atoms with E-state index in [1.807, 2.05) is 0 Å². The maximum absolute atomic E-state index is 9.05. The van der Waals surface area contributed by atoms with Gasteiger partial charge in [-0.3, -0.25) is 0 Å². The number of ether oxygens (including phenoxy) is 1. The number of methoxy groups -OCH3 is 1. The second-order valence-electron chi connectivity index (χ2n) is 2.61. The van der Waals surface area contributed by atoms with E-state index in [4.69, 9.17) is 9.84 Å². The lowest BCUT2D eigenvalue weighted by Gasteiger charge is -2.29. The van der Waals surface area contributed by atoms with Gasteiger partial charge in [0.15, 0.2) is 0 Å². The van der Waals surface area contributed by atoms with Crippen LogP contribution in [0.2, 0.25) is 0 Å². The summed E-state index contributed by atoms with van der Waals surface area (Å²) in [6.07, 6.45) is 2.47. The largest absolute Gasteiger partial charge is 0.394 e. The predicted molar refractivity (Wildman–Crippen MR) is 45.6 cm³/mol. The number of hydrogen-bond acceptors (Lipinski definition) is 3. The van der Waals surface area contributed by atoms with Crippen LogP contribution >= 0.6 is 0 Å². The zero-order valence-electron chi connectivity index (χ0n) is 7.26. The van der Waals surface area contributed by atoms with Gasteiger partial charge in [0.05, 0.1) is 18.8 Å². The van der Waals surface area contributed by atoms with E-state index in [1.54, 1.807) is 20.2 Å². The van der Waals surface area contributed by atoms with Gasteiger partial charge in [-0.25, -0.2) is 0 Å². The van der Waals surface area contributed by atoms with E-state index in [0.717, 1.165) is 0 Å². The average molecular weight is 159 g/mol. The lowest BCUT2D eigenvalue weighted by Crippen LogP contribution is -2.49. The fourth-order valence-corrected chi connectivity index (χ4v) is 0.975. The SMILES string of the molecule is C=CCC(CO)(COC)NC. The minimum absolute atomic E-state index is 0.0589. The van der Waals surface area contributed by atoms with Gasteiger partial charge in [-0.05, 0) is 13.5 Å². The highest BCUT2D eigenvalue weighted by Gasteiger charge is 2.25. The van der Waals surface area contributed by atoms with Crippen molar-refractivity contribution in [2.24, 2.45) is 0 Å². The smallest absolute Gasteiger partial charge is 0.0682 e. The summed E-state index contributed by atoms with van der Waals surface area (Å²) in [4.78, 5) is 0. The molecule has 0 amide bonds. The van der Waals surface area contributed by atoms with Crippen molar-refractivity contribution in [3.05, 3.63) is 12.7 Å². The van der Waals surface area contributed by atoms with E-state index in [-0.39, 0.29) is 12.1 Å². The normalized spacial score (nSPS) is 15.9. The van der Waals surface area contributed by atoms with Gasteiger partial charge in [-0.15, -0.1) is 6.58 Å². The van der Waals surface area contributed by atoms with Gasteiger partial charge >= 0.3 is 0 Å². The van der Waals surface area contributed by atoms with Gasteiger partial charge in [0, 0.05) is 7.11 Å². The monoisotopic (exact) mass is 159 g/mol. The third-order valence-corrected chi connectivity index (χ3v) is 1.79. The molecule has 0 aromatic carbocycles. The third kappa shape index (κ3) is 3.01. The van der Waals surface area contributed by atoms with Crippen molar-refractivity contribution in [3.63, 3.8) is 0 Å². The van der Waals surface area contributed by atoms with E-state index >= 15 is 0 Å². The molecule has 0 aromatic rings. The van der Waals surface area contributed by atoms with E-state index in [9.17, 15) is 0 Å². The molecule has 66 valence electrons. The lowest BCUT2D eigenvalue weighted by molar-refractivity contribution is 0.0689. The zero-order valence-corrected chi connectivity index (χ0v) is 7.26. The summed E-state index contributed by atoms with van der Waals surface area (Å²) in [6, 6.07) is 0. The minimum Gasteiger partial charge on any atom is -0.394 e. The first kappa shape index (κ1) is 10.6. The first-order valence-corrected chi connectivity index (χ1v) is 3.64. The Bertz CT molecular complexity index is 111. The molecule has 0 radical (unpaired) electrons. The van der Waals surface area contributed by atoms with Crippen LogP contribution in [0.1, 0.15) is 6.42 Å². The summed E-state index contributed by atoms with van der Waals surface area (Å²) in [5.41, 5.74) is -0.351. The molecule has 2 N–H and O–H groups in total. The average Bonchev–Trinajstić information content (AvgIpc) is 2.04. The highest BCUT2D eigenvalue weighted by atomic mass is 16.5. The standard InChI is InChI=1S/C8H17NO2/c1-4-5-8(6-10,9-2)7-11-3/h4,9-10H,1,5-7H2,2-3H3. The molecule has 1 atom stereocenters. The molecule has 0 rings (SSSR count). The molecular weight excluding hydrogens is 142 g/mol. The van der Waals surface area contributed by atoms with Crippen molar-refractivity contribution in [1.29, 1.82) is 0 Å². The molecule has 11 heavy (non-hydrogen) atoms. The fraction of sp³-hybridized carbons (Fsp3) is 0.750. The fourth-order valence-electron chi connectivity index (χ4n) is 0.975. The number of aliphatic hydroxyl groups is 1. The Morgan fingerprint density at radius 1 is 1.73 bits per heavy atom. The zero-order chi connectivity index (χ0) is 8.74. The number of hydrogen-bond donors (Lipinski definition) is 2. The molecular formula is C8H17NO2. The molecule has 0 heterocycles. The van der Waals surface area contributed by atoms with Crippen molar-refractivity contribution < 1.29 is 9.84 Å². The Kier molecular flexibility index (Phi) is 5.11. The Labute approximate surface area is 68.1 Å². The first-order valence-electron chi connectivity index (χ1n) is 3.64. The van der Waals surface area contributed by atoms with Crippen LogP contribution in [0.4, 0.5) is 0 Å². The molecule has 3 nitrogen and oxygen atoms in total. The Morgan fingerprint density at radius 3 is 2.64 bits per heavy atom. The number of nitrogens with one attached hydrogen (secondary N) is 1. The van der Waals surface area contributed by atoms with E-state index in [1.165, 1.54) is 0 Å². The molecule has 3 heteroatoms. The van der Waals surface area contributed by atoms with Crippen LogP contribution in [0, 0.1) is 0 Å². The molecule has 0 aliphatic rings. The van der Waals surface area contributed by atoms with Crippen LogP contribution in [0.15, 0.2) is 12.7 Å².